The fourth-order valence-electron chi connectivity index (χ4n) is 1.48. The van der Waals surface area contributed by atoms with Crippen LogP contribution in [0.15, 0.2) is 24.3 Å². The van der Waals surface area contributed by atoms with Gasteiger partial charge in [-0.05, 0) is 42.7 Å². The van der Waals surface area contributed by atoms with Crippen molar-refractivity contribution < 1.29 is 19.3 Å². The quantitative estimate of drug-likeness (QED) is 0.442. The van der Waals surface area contributed by atoms with E-state index in [1.807, 2.05) is 25.1 Å². The van der Waals surface area contributed by atoms with E-state index < -0.39 is 5.97 Å². The van der Waals surface area contributed by atoms with E-state index in [1.165, 1.54) is 6.08 Å². The first-order valence-electron chi connectivity index (χ1n) is 5.89. The number of benzene rings is 1. The Morgan fingerprint density at radius 3 is 2.72 bits per heavy atom. The zero-order valence-corrected chi connectivity index (χ0v) is 10.9. The molecular formula is C14H18O4. The lowest BCUT2D eigenvalue weighted by Crippen LogP contribution is -2.01. The Labute approximate surface area is 107 Å². The summed E-state index contributed by atoms with van der Waals surface area (Å²) in [5.41, 5.74) is 2.07. The molecule has 0 aliphatic heterocycles. The number of carbonyl (C=O) groups is 1. The standard InChI is InChI=1S/C14H18O4/c1-4-11-10-13(16-3)8-6-12(11)7-9-14(15)18-17-5-2/h6-10H,4-5H2,1-3H3. The summed E-state index contributed by atoms with van der Waals surface area (Å²) >= 11 is 0. The van der Waals surface area contributed by atoms with Crippen LogP contribution in [-0.4, -0.2) is 19.7 Å². The normalized spacial score (nSPS) is 10.6. The largest absolute Gasteiger partial charge is 0.497 e. The van der Waals surface area contributed by atoms with Crippen LogP contribution in [0.2, 0.25) is 0 Å². The molecule has 0 spiro atoms. The number of rotatable bonds is 6. The first-order chi connectivity index (χ1) is 8.71. The average molecular weight is 250 g/mol. The minimum absolute atomic E-state index is 0.336. The van der Waals surface area contributed by atoms with E-state index >= 15 is 0 Å². The smallest absolute Gasteiger partial charge is 0.365 e. The highest BCUT2D eigenvalue weighted by atomic mass is 17.2. The third-order valence-electron chi connectivity index (χ3n) is 2.39. The van der Waals surface area contributed by atoms with E-state index in [1.54, 1.807) is 20.1 Å². The minimum atomic E-state index is -0.519. The van der Waals surface area contributed by atoms with Gasteiger partial charge in [0.15, 0.2) is 0 Å². The van der Waals surface area contributed by atoms with Gasteiger partial charge in [-0.2, -0.15) is 4.89 Å². The van der Waals surface area contributed by atoms with Crippen molar-refractivity contribution in [2.45, 2.75) is 20.3 Å². The van der Waals surface area contributed by atoms with Crippen molar-refractivity contribution in [1.29, 1.82) is 0 Å². The topological polar surface area (TPSA) is 44.8 Å². The summed E-state index contributed by atoms with van der Waals surface area (Å²) in [4.78, 5) is 20.3. The van der Waals surface area contributed by atoms with Gasteiger partial charge in [0.2, 0.25) is 0 Å². The first kappa shape index (κ1) is 14.3. The van der Waals surface area contributed by atoms with Crippen LogP contribution in [0.1, 0.15) is 25.0 Å². The van der Waals surface area contributed by atoms with Gasteiger partial charge in [0.1, 0.15) is 5.75 Å². The van der Waals surface area contributed by atoms with Crippen LogP contribution in [0.3, 0.4) is 0 Å². The molecule has 0 amide bonds. The molecule has 0 saturated heterocycles. The molecule has 0 saturated carbocycles. The zero-order chi connectivity index (χ0) is 13.4. The third kappa shape index (κ3) is 4.22. The van der Waals surface area contributed by atoms with Gasteiger partial charge in [-0.1, -0.05) is 13.0 Å². The van der Waals surface area contributed by atoms with Crippen LogP contribution in [0.4, 0.5) is 0 Å². The molecule has 1 rings (SSSR count). The maximum Gasteiger partial charge on any atom is 0.365 e. The van der Waals surface area contributed by atoms with Crippen molar-refractivity contribution in [1.82, 2.24) is 0 Å². The highest BCUT2D eigenvalue weighted by Gasteiger charge is 2.02. The van der Waals surface area contributed by atoms with Crippen LogP contribution in [-0.2, 0) is 21.0 Å². The predicted octanol–water partition coefficient (Wildman–Crippen LogP) is 2.77. The van der Waals surface area contributed by atoms with Crippen LogP contribution in [0, 0.1) is 0 Å². The molecule has 0 atom stereocenters. The molecule has 0 aliphatic rings. The van der Waals surface area contributed by atoms with Gasteiger partial charge in [0, 0.05) is 6.08 Å². The second-order valence-corrected chi connectivity index (χ2v) is 3.56. The number of carbonyl (C=O) groups excluding carboxylic acids is 1. The van der Waals surface area contributed by atoms with Crippen molar-refractivity contribution in [3.8, 4) is 5.75 Å². The SMILES string of the molecule is CCOOC(=O)C=Cc1ccc(OC)cc1CC. The third-order valence-corrected chi connectivity index (χ3v) is 2.39. The number of methoxy groups -OCH3 is 1. The molecule has 0 aromatic heterocycles. The van der Waals surface area contributed by atoms with Crippen molar-refractivity contribution in [2.75, 3.05) is 13.7 Å². The van der Waals surface area contributed by atoms with Crippen LogP contribution in [0.5, 0.6) is 5.75 Å². The molecule has 0 bridgehead atoms. The number of ether oxygens (including phenoxy) is 1. The molecule has 98 valence electrons. The molecule has 1 aromatic carbocycles. The molecular weight excluding hydrogens is 232 g/mol. The Hall–Kier alpha value is -1.81. The summed E-state index contributed by atoms with van der Waals surface area (Å²) in [6, 6.07) is 5.71. The van der Waals surface area contributed by atoms with Crippen LogP contribution < -0.4 is 4.74 Å². The summed E-state index contributed by atoms with van der Waals surface area (Å²) in [5.74, 6) is 0.288. The van der Waals surface area contributed by atoms with E-state index in [-0.39, 0.29) is 0 Å². The molecule has 4 heteroatoms. The Morgan fingerprint density at radius 1 is 1.33 bits per heavy atom. The van der Waals surface area contributed by atoms with Crippen LogP contribution in [0.25, 0.3) is 6.08 Å². The van der Waals surface area contributed by atoms with Gasteiger partial charge in [0.25, 0.3) is 0 Å². The molecule has 4 nitrogen and oxygen atoms in total. The lowest BCUT2D eigenvalue weighted by molar-refractivity contribution is -0.264. The average Bonchev–Trinajstić information content (AvgIpc) is 2.42. The molecule has 0 unspecified atom stereocenters. The maximum absolute atomic E-state index is 11.2. The Balaban J connectivity index is 2.77. The van der Waals surface area contributed by atoms with E-state index in [2.05, 4.69) is 9.78 Å². The fraction of sp³-hybridized carbons (Fsp3) is 0.357. The molecule has 0 fully saturated rings. The molecule has 0 aliphatic carbocycles. The predicted molar refractivity (Wildman–Crippen MR) is 69.1 cm³/mol. The second kappa shape index (κ2) is 7.50. The van der Waals surface area contributed by atoms with Gasteiger partial charge in [-0.25, -0.2) is 4.79 Å². The van der Waals surface area contributed by atoms with Crippen molar-refractivity contribution in [3.63, 3.8) is 0 Å². The van der Waals surface area contributed by atoms with Crippen molar-refractivity contribution in [2.24, 2.45) is 0 Å². The second-order valence-electron chi connectivity index (χ2n) is 3.56. The highest BCUT2D eigenvalue weighted by molar-refractivity contribution is 5.86. The van der Waals surface area contributed by atoms with Gasteiger partial charge < -0.3 is 4.74 Å². The molecule has 1 aromatic rings. The van der Waals surface area contributed by atoms with E-state index in [4.69, 9.17) is 4.74 Å². The number of hydrogen-bond donors (Lipinski definition) is 0. The number of hydrogen-bond acceptors (Lipinski definition) is 4. The minimum Gasteiger partial charge on any atom is -0.497 e. The first-order valence-corrected chi connectivity index (χ1v) is 5.89. The molecule has 0 N–H and O–H groups in total. The highest BCUT2D eigenvalue weighted by Crippen LogP contribution is 2.19. The summed E-state index contributed by atoms with van der Waals surface area (Å²) in [6.45, 7) is 4.13. The fourth-order valence-corrected chi connectivity index (χ4v) is 1.48. The van der Waals surface area contributed by atoms with E-state index in [0.29, 0.717) is 6.61 Å². The van der Waals surface area contributed by atoms with E-state index in [9.17, 15) is 4.79 Å². The Kier molecular flexibility index (Phi) is 5.94. The zero-order valence-electron chi connectivity index (χ0n) is 10.9. The van der Waals surface area contributed by atoms with Crippen molar-refractivity contribution in [3.05, 3.63) is 35.4 Å². The van der Waals surface area contributed by atoms with Gasteiger partial charge in [-0.3, -0.25) is 4.89 Å². The summed E-state index contributed by atoms with van der Waals surface area (Å²) in [5, 5.41) is 0. The Morgan fingerprint density at radius 2 is 2.11 bits per heavy atom. The van der Waals surface area contributed by atoms with Crippen LogP contribution >= 0.6 is 0 Å². The molecule has 0 heterocycles. The monoisotopic (exact) mass is 250 g/mol. The van der Waals surface area contributed by atoms with Crippen molar-refractivity contribution >= 4 is 12.0 Å². The number of aryl methyl sites for hydroxylation is 1. The maximum atomic E-state index is 11.2. The lowest BCUT2D eigenvalue weighted by atomic mass is 10.0. The van der Waals surface area contributed by atoms with Gasteiger partial charge in [0.05, 0.1) is 13.7 Å². The Bertz CT molecular complexity index is 424. The van der Waals surface area contributed by atoms with E-state index in [0.717, 1.165) is 23.3 Å². The molecule has 0 radical (unpaired) electrons. The lowest BCUT2D eigenvalue weighted by Gasteiger charge is -2.06. The summed E-state index contributed by atoms with van der Waals surface area (Å²) in [7, 11) is 1.63. The molecule has 18 heavy (non-hydrogen) atoms. The summed E-state index contributed by atoms with van der Waals surface area (Å²) in [6.07, 6.45) is 3.91. The van der Waals surface area contributed by atoms with Gasteiger partial charge in [-0.15, -0.1) is 0 Å². The summed E-state index contributed by atoms with van der Waals surface area (Å²) < 4.78 is 5.15. The van der Waals surface area contributed by atoms with Gasteiger partial charge >= 0.3 is 5.97 Å².